The molecule has 2 heteroatoms. The fraction of sp³-hybridized carbons (Fsp3) is 0.500. The average Bonchev–Trinajstić information content (AvgIpc) is 2.16. The first-order valence-corrected chi connectivity index (χ1v) is 5.05. The van der Waals surface area contributed by atoms with Crippen LogP contribution in [-0.4, -0.2) is 6.10 Å². The molecule has 0 bridgehead atoms. The van der Waals surface area contributed by atoms with E-state index in [1.54, 1.807) is 0 Å². The lowest BCUT2D eigenvalue weighted by atomic mass is 10.1. The van der Waals surface area contributed by atoms with Crippen LogP contribution in [0.3, 0.4) is 0 Å². The minimum absolute atomic E-state index is 0.299. The minimum atomic E-state index is 0.299. The van der Waals surface area contributed by atoms with E-state index in [0.717, 1.165) is 5.69 Å². The van der Waals surface area contributed by atoms with E-state index >= 15 is 0 Å². The van der Waals surface area contributed by atoms with Gasteiger partial charge < -0.3 is 10.5 Å². The third-order valence-corrected chi connectivity index (χ3v) is 2.43. The van der Waals surface area contributed by atoms with Crippen LogP contribution >= 0.6 is 0 Å². The summed E-state index contributed by atoms with van der Waals surface area (Å²) >= 11 is 0. The van der Waals surface area contributed by atoms with Crippen molar-refractivity contribution in [3.63, 3.8) is 0 Å². The predicted molar refractivity (Wildman–Crippen MR) is 59.9 cm³/mol. The Kier molecular flexibility index (Phi) is 3.96. The second-order valence-corrected chi connectivity index (χ2v) is 4.00. The van der Waals surface area contributed by atoms with Crippen LogP contribution in [0.15, 0.2) is 24.3 Å². The molecule has 78 valence electrons. The van der Waals surface area contributed by atoms with Gasteiger partial charge in [0.2, 0.25) is 0 Å². The zero-order valence-electron chi connectivity index (χ0n) is 9.16. The number of nitrogen functional groups attached to an aromatic ring is 1. The van der Waals surface area contributed by atoms with Crippen molar-refractivity contribution >= 4 is 5.69 Å². The van der Waals surface area contributed by atoms with Gasteiger partial charge in [0.05, 0.1) is 12.7 Å². The van der Waals surface area contributed by atoms with E-state index in [4.69, 9.17) is 10.5 Å². The molecule has 0 heterocycles. The van der Waals surface area contributed by atoms with E-state index in [1.165, 1.54) is 5.56 Å². The fourth-order valence-electron chi connectivity index (χ4n) is 1.03. The first-order chi connectivity index (χ1) is 6.59. The van der Waals surface area contributed by atoms with Crippen LogP contribution in [0.1, 0.15) is 26.3 Å². The van der Waals surface area contributed by atoms with Crippen molar-refractivity contribution in [2.75, 3.05) is 5.73 Å². The molecule has 1 rings (SSSR count). The van der Waals surface area contributed by atoms with Gasteiger partial charge in [-0.2, -0.15) is 0 Å². The van der Waals surface area contributed by atoms with Crippen molar-refractivity contribution in [1.82, 2.24) is 0 Å². The first-order valence-electron chi connectivity index (χ1n) is 5.05. The fourth-order valence-corrected chi connectivity index (χ4v) is 1.03. The molecule has 14 heavy (non-hydrogen) atoms. The van der Waals surface area contributed by atoms with E-state index in [9.17, 15) is 0 Å². The lowest BCUT2D eigenvalue weighted by Gasteiger charge is -2.16. The number of benzene rings is 1. The van der Waals surface area contributed by atoms with E-state index in [0.29, 0.717) is 18.6 Å². The second kappa shape index (κ2) is 5.01. The Morgan fingerprint density at radius 2 is 1.71 bits per heavy atom. The summed E-state index contributed by atoms with van der Waals surface area (Å²) in [5.74, 6) is 0.559. The van der Waals surface area contributed by atoms with Crippen molar-refractivity contribution in [1.29, 1.82) is 0 Å². The number of hydrogen-bond donors (Lipinski definition) is 1. The van der Waals surface area contributed by atoms with Gasteiger partial charge in [-0.15, -0.1) is 0 Å². The Labute approximate surface area is 86.1 Å². The molecule has 0 radical (unpaired) electrons. The van der Waals surface area contributed by atoms with Gasteiger partial charge in [-0.25, -0.2) is 0 Å². The van der Waals surface area contributed by atoms with Crippen LogP contribution in [0.5, 0.6) is 0 Å². The van der Waals surface area contributed by atoms with Crippen LogP contribution in [0, 0.1) is 5.92 Å². The summed E-state index contributed by atoms with van der Waals surface area (Å²) in [6, 6.07) is 7.81. The number of ether oxygens (including phenoxy) is 1. The molecule has 2 nitrogen and oxygen atoms in total. The normalized spacial score (nSPS) is 13.1. The molecular weight excluding hydrogens is 174 g/mol. The van der Waals surface area contributed by atoms with Crippen molar-refractivity contribution < 1.29 is 4.74 Å². The van der Waals surface area contributed by atoms with Crippen molar-refractivity contribution in [3.8, 4) is 0 Å². The number of nitrogens with two attached hydrogens (primary N) is 1. The number of anilines is 1. The maximum Gasteiger partial charge on any atom is 0.0720 e. The second-order valence-electron chi connectivity index (χ2n) is 4.00. The molecule has 0 aliphatic heterocycles. The summed E-state index contributed by atoms with van der Waals surface area (Å²) in [6.07, 6.45) is 0.299. The molecule has 0 saturated heterocycles. The minimum Gasteiger partial charge on any atom is -0.399 e. The molecule has 0 amide bonds. The summed E-state index contributed by atoms with van der Waals surface area (Å²) < 4.78 is 5.69. The highest BCUT2D eigenvalue weighted by Crippen LogP contribution is 2.11. The third kappa shape index (κ3) is 3.38. The summed E-state index contributed by atoms with van der Waals surface area (Å²) in [5.41, 5.74) is 7.56. The monoisotopic (exact) mass is 193 g/mol. The average molecular weight is 193 g/mol. The zero-order chi connectivity index (χ0) is 10.6. The Balaban J connectivity index is 2.42. The van der Waals surface area contributed by atoms with Gasteiger partial charge in [0.25, 0.3) is 0 Å². The van der Waals surface area contributed by atoms with E-state index < -0.39 is 0 Å². The van der Waals surface area contributed by atoms with Gasteiger partial charge in [0.1, 0.15) is 0 Å². The summed E-state index contributed by atoms with van der Waals surface area (Å²) in [4.78, 5) is 0. The molecule has 0 fully saturated rings. The molecule has 0 aliphatic carbocycles. The Bertz CT molecular complexity index is 266. The van der Waals surface area contributed by atoms with Crippen molar-refractivity contribution in [2.45, 2.75) is 33.5 Å². The van der Waals surface area contributed by atoms with Crippen molar-refractivity contribution in [2.24, 2.45) is 5.92 Å². The molecule has 0 aromatic heterocycles. The van der Waals surface area contributed by atoms with Gasteiger partial charge in [-0.1, -0.05) is 26.0 Å². The van der Waals surface area contributed by atoms with Gasteiger partial charge in [0.15, 0.2) is 0 Å². The molecule has 1 aromatic rings. The smallest absolute Gasteiger partial charge is 0.0720 e. The van der Waals surface area contributed by atoms with Crippen LogP contribution in [0.25, 0.3) is 0 Å². The Hall–Kier alpha value is -1.02. The van der Waals surface area contributed by atoms with Gasteiger partial charge in [0, 0.05) is 5.69 Å². The number of hydrogen-bond acceptors (Lipinski definition) is 2. The molecule has 0 saturated carbocycles. The molecule has 1 unspecified atom stereocenters. The summed E-state index contributed by atoms with van der Waals surface area (Å²) in [6.45, 7) is 7.09. The molecule has 0 spiro atoms. The lowest BCUT2D eigenvalue weighted by molar-refractivity contribution is 0.0235. The molecule has 0 aliphatic rings. The van der Waals surface area contributed by atoms with Crippen LogP contribution in [0.4, 0.5) is 5.69 Å². The largest absolute Gasteiger partial charge is 0.399 e. The van der Waals surface area contributed by atoms with Crippen molar-refractivity contribution in [3.05, 3.63) is 29.8 Å². The third-order valence-electron chi connectivity index (χ3n) is 2.43. The SMILES string of the molecule is CC(C)C(C)OCc1ccc(N)cc1. The van der Waals surface area contributed by atoms with E-state index in [2.05, 4.69) is 20.8 Å². The molecule has 1 aromatic carbocycles. The maximum atomic E-state index is 5.69. The molecule has 2 N–H and O–H groups in total. The van der Waals surface area contributed by atoms with Gasteiger partial charge in [-0.3, -0.25) is 0 Å². The first kappa shape index (κ1) is 11.1. The molecular formula is C12H19NO. The highest BCUT2D eigenvalue weighted by molar-refractivity contribution is 5.39. The maximum absolute atomic E-state index is 5.69. The quantitative estimate of drug-likeness (QED) is 0.746. The standard InChI is InChI=1S/C12H19NO/c1-9(2)10(3)14-8-11-4-6-12(13)7-5-11/h4-7,9-10H,8,13H2,1-3H3. The van der Waals surface area contributed by atoms with Gasteiger partial charge in [-0.05, 0) is 30.5 Å². The lowest BCUT2D eigenvalue weighted by Crippen LogP contribution is -2.15. The highest BCUT2D eigenvalue weighted by atomic mass is 16.5. The topological polar surface area (TPSA) is 35.2 Å². The van der Waals surface area contributed by atoms with Crippen LogP contribution in [-0.2, 0) is 11.3 Å². The summed E-state index contributed by atoms with van der Waals surface area (Å²) in [5, 5.41) is 0. The van der Waals surface area contributed by atoms with E-state index in [-0.39, 0.29) is 0 Å². The van der Waals surface area contributed by atoms with Crippen LogP contribution in [0.2, 0.25) is 0 Å². The predicted octanol–water partition coefficient (Wildman–Crippen LogP) is 2.83. The zero-order valence-corrected chi connectivity index (χ0v) is 9.16. The Morgan fingerprint density at radius 1 is 1.14 bits per heavy atom. The number of rotatable bonds is 4. The Morgan fingerprint density at radius 3 is 2.21 bits per heavy atom. The molecule has 1 atom stereocenters. The van der Waals surface area contributed by atoms with Gasteiger partial charge >= 0.3 is 0 Å². The summed E-state index contributed by atoms with van der Waals surface area (Å²) in [7, 11) is 0. The van der Waals surface area contributed by atoms with E-state index in [1.807, 2.05) is 24.3 Å². The van der Waals surface area contributed by atoms with Crippen LogP contribution < -0.4 is 5.73 Å². The highest BCUT2D eigenvalue weighted by Gasteiger charge is 2.06.